The van der Waals surface area contributed by atoms with Gasteiger partial charge in [-0.3, -0.25) is 0 Å². The van der Waals surface area contributed by atoms with E-state index in [4.69, 9.17) is 0 Å². The molecule has 0 amide bonds. The Bertz CT molecular complexity index is 1050. The standard InChI is InChI=1S/C26H28N2O2S/c29-31(30,25-14-8-3-9-15-25)28-18-23-16-27(17-24(23)19-28)20-26(21-10-4-1-5-11-21)22-12-6-2-7-13-22/h1-15,23-24,26H,16-20H2. The second kappa shape index (κ2) is 8.58. The number of likely N-dealkylation sites (tertiary alicyclic amines) is 1. The third-order valence-electron chi connectivity index (χ3n) is 6.75. The first kappa shape index (κ1) is 20.4. The number of hydrogen-bond acceptors (Lipinski definition) is 3. The zero-order chi connectivity index (χ0) is 21.3. The molecule has 0 N–H and O–H groups in total. The van der Waals surface area contributed by atoms with Crippen molar-refractivity contribution in [3.63, 3.8) is 0 Å². The van der Waals surface area contributed by atoms with Crippen molar-refractivity contribution in [3.8, 4) is 0 Å². The fourth-order valence-corrected chi connectivity index (χ4v) is 6.74. The van der Waals surface area contributed by atoms with E-state index < -0.39 is 10.0 Å². The summed E-state index contributed by atoms with van der Waals surface area (Å²) in [6, 6.07) is 30.2. The number of hydrogen-bond donors (Lipinski definition) is 0. The molecule has 2 saturated heterocycles. The molecule has 3 aromatic rings. The van der Waals surface area contributed by atoms with Crippen LogP contribution in [0.3, 0.4) is 0 Å². The smallest absolute Gasteiger partial charge is 0.243 e. The van der Waals surface area contributed by atoms with Crippen LogP contribution < -0.4 is 0 Å². The first-order valence-electron chi connectivity index (χ1n) is 11.0. The number of sulfonamides is 1. The maximum Gasteiger partial charge on any atom is 0.243 e. The van der Waals surface area contributed by atoms with Gasteiger partial charge in [-0.05, 0) is 35.1 Å². The van der Waals surface area contributed by atoms with Crippen LogP contribution >= 0.6 is 0 Å². The molecule has 2 aliphatic rings. The normalized spacial score (nSPS) is 22.1. The topological polar surface area (TPSA) is 40.6 Å². The number of benzene rings is 3. The summed E-state index contributed by atoms with van der Waals surface area (Å²) in [4.78, 5) is 2.94. The second-order valence-corrected chi connectivity index (χ2v) is 10.7. The van der Waals surface area contributed by atoms with E-state index in [1.807, 2.05) is 6.07 Å². The van der Waals surface area contributed by atoms with E-state index in [1.165, 1.54) is 11.1 Å². The molecule has 2 heterocycles. The Morgan fingerprint density at radius 1 is 0.677 bits per heavy atom. The van der Waals surface area contributed by atoms with Crippen LogP contribution in [0.2, 0.25) is 0 Å². The van der Waals surface area contributed by atoms with E-state index >= 15 is 0 Å². The van der Waals surface area contributed by atoms with E-state index in [2.05, 4.69) is 65.6 Å². The van der Waals surface area contributed by atoms with E-state index in [9.17, 15) is 8.42 Å². The fraction of sp³-hybridized carbons (Fsp3) is 0.308. The van der Waals surface area contributed by atoms with E-state index in [1.54, 1.807) is 28.6 Å². The molecule has 5 rings (SSSR count). The molecule has 4 nitrogen and oxygen atoms in total. The summed E-state index contributed by atoms with van der Waals surface area (Å²) in [5.74, 6) is 1.14. The fourth-order valence-electron chi connectivity index (χ4n) is 5.17. The molecule has 0 saturated carbocycles. The Kier molecular flexibility index (Phi) is 5.65. The quantitative estimate of drug-likeness (QED) is 0.590. The monoisotopic (exact) mass is 432 g/mol. The lowest BCUT2D eigenvalue weighted by Crippen LogP contribution is -2.34. The first-order valence-corrected chi connectivity index (χ1v) is 12.4. The van der Waals surface area contributed by atoms with Crippen molar-refractivity contribution < 1.29 is 8.42 Å². The van der Waals surface area contributed by atoms with Crippen LogP contribution in [0.4, 0.5) is 0 Å². The lowest BCUT2D eigenvalue weighted by molar-refractivity contribution is 0.288. The molecule has 2 aliphatic heterocycles. The number of rotatable bonds is 6. The van der Waals surface area contributed by atoms with Crippen LogP contribution in [-0.2, 0) is 10.0 Å². The highest BCUT2D eigenvalue weighted by atomic mass is 32.2. The molecule has 0 spiro atoms. The van der Waals surface area contributed by atoms with Gasteiger partial charge >= 0.3 is 0 Å². The Labute approximate surface area is 185 Å². The highest BCUT2D eigenvalue weighted by Gasteiger charge is 2.44. The van der Waals surface area contributed by atoms with Crippen molar-refractivity contribution >= 4 is 10.0 Å². The average Bonchev–Trinajstić information content (AvgIpc) is 3.39. The molecule has 0 aliphatic carbocycles. The third-order valence-corrected chi connectivity index (χ3v) is 8.60. The molecule has 0 radical (unpaired) electrons. The van der Waals surface area contributed by atoms with Crippen LogP contribution in [0.25, 0.3) is 0 Å². The highest BCUT2D eigenvalue weighted by molar-refractivity contribution is 7.89. The summed E-state index contributed by atoms with van der Waals surface area (Å²) in [5, 5.41) is 0. The molecule has 2 atom stereocenters. The van der Waals surface area contributed by atoms with Gasteiger partial charge in [0.05, 0.1) is 4.90 Å². The molecule has 3 aromatic carbocycles. The minimum atomic E-state index is -3.39. The lowest BCUT2D eigenvalue weighted by atomic mass is 9.91. The van der Waals surface area contributed by atoms with Gasteiger partial charge in [-0.2, -0.15) is 4.31 Å². The maximum absolute atomic E-state index is 13.0. The summed E-state index contributed by atoms with van der Waals surface area (Å²) >= 11 is 0. The average molecular weight is 433 g/mol. The van der Waals surface area contributed by atoms with Crippen LogP contribution in [0.5, 0.6) is 0 Å². The Balaban J connectivity index is 1.29. The van der Waals surface area contributed by atoms with E-state index in [-0.39, 0.29) is 0 Å². The van der Waals surface area contributed by atoms with Crippen molar-refractivity contribution in [1.82, 2.24) is 9.21 Å². The van der Waals surface area contributed by atoms with Crippen molar-refractivity contribution in [2.24, 2.45) is 11.8 Å². The number of nitrogens with zero attached hydrogens (tertiary/aromatic N) is 2. The van der Waals surface area contributed by atoms with E-state index in [0.717, 1.165) is 19.6 Å². The van der Waals surface area contributed by atoms with Gasteiger partial charge in [-0.15, -0.1) is 0 Å². The predicted octanol–water partition coefficient (Wildman–Crippen LogP) is 4.07. The van der Waals surface area contributed by atoms with Crippen LogP contribution in [0, 0.1) is 11.8 Å². The van der Waals surface area contributed by atoms with Gasteiger partial charge < -0.3 is 4.90 Å². The Morgan fingerprint density at radius 2 is 1.13 bits per heavy atom. The van der Waals surface area contributed by atoms with Crippen LogP contribution in [-0.4, -0.2) is 50.3 Å². The van der Waals surface area contributed by atoms with Gasteiger partial charge in [-0.1, -0.05) is 78.9 Å². The largest absolute Gasteiger partial charge is 0.302 e. The van der Waals surface area contributed by atoms with Crippen molar-refractivity contribution in [1.29, 1.82) is 0 Å². The van der Waals surface area contributed by atoms with Gasteiger partial charge in [-0.25, -0.2) is 8.42 Å². The predicted molar refractivity (Wildman–Crippen MR) is 123 cm³/mol. The minimum absolute atomic E-state index is 0.324. The first-order chi connectivity index (χ1) is 15.1. The Morgan fingerprint density at radius 3 is 1.61 bits per heavy atom. The molecular weight excluding hydrogens is 404 g/mol. The van der Waals surface area contributed by atoms with Crippen molar-refractivity contribution in [2.75, 3.05) is 32.7 Å². The summed E-state index contributed by atoms with van der Waals surface area (Å²) in [6.07, 6.45) is 0. The van der Waals surface area contributed by atoms with Crippen LogP contribution in [0.15, 0.2) is 95.9 Å². The lowest BCUT2D eigenvalue weighted by Gasteiger charge is -2.26. The highest BCUT2D eigenvalue weighted by Crippen LogP contribution is 2.36. The summed E-state index contributed by atoms with van der Waals surface area (Å²) in [6.45, 7) is 4.13. The summed E-state index contributed by atoms with van der Waals surface area (Å²) in [5.41, 5.74) is 2.66. The Hall–Kier alpha value is -2.47. The maximum atomic E-state index is 13.0. The number of fused-ring (bicyclic) bond motifs is 1. The molecule has 0 bridgehead atoms. The second-order valence-electron chi connectivity index (χ2n) is 8.75. The molecular formula is C26H28N2O2S. The van der Waals surface area contributed by atoms with Gasteiger partial charge in [0.2, 0.25) is 10.0 Å². The zero-order valence-electron chi connectivity index (χ0n) is 17.5. The molecule has 0 aromatic heterocycles. The van der Waals surface area contributed by atoms with Gasteiger partial charge in [0.1, 0.15) is 0 Å². The van der Waals surface area contributed by atoms with Crippen LogP contribution in [0.1, 0.15) is 17.0 Å². The summed E-state index contributed by atoms with van der Waals surface area (Å²) in [7, 11) is -3.39. The van der Waals surface area contributed by atoms with Crippen molar-refractivity contribution in [2.45, 2.75) is 10.8 Å². The minimum Gasteiger partial charge on any atom is -0.302 e. The van der Waals surface area contributed by atoms with Gasteiger partial charge in [0.25, 0.3) is 0 Å². The molecule has 2 unspecified atom stereocenters. The molecule has 5 heteroatoms. The van der Waals surface area contributed by atoms with E-state index in [0.29, 0.717) is 35.7 Å². The molecule has 160 valence electrons. The van der Waals surface area contributed by atoms with Gasteiger partial charge in [0, 0.05) is 38.6 Å². The van der Waals surface area contributed by atoms with Crippen molar-refractivity contribution in [3.05, 3.63) is 102 Å². The summed E-state index contributed by atoms with van der Waals surface area (Å²) < 4.78 is 27.7. The molecule has 2 fully saturated rings. The van der Waals surface area contributed by atoms with Gasteiger partial charge in [0.15, 0.2) is 0 Å². The zero-order valence-corrected chi connectivity index (χ0v) is 18.4. The molecule has 31 heavy (non-hydrogen) atoms. The SMILES string of the molecule is O=S(=O)(c1ccccc1)N1CC2CN(CC(c3ccccc3)c3ccccc3)CC2C1. The third kappa shape index (κ3) is 4.18.